The molecule has 96 valence electrons. The van der Waals surface area contributed by atoms with Crippen molar-refractivity contribution in [1.82, 2.24) is 0 Å². The lowest BCUT2D eigenvalue weighted by atomic mass is 10.1. The molecule has 1 aromatic carbocycles. The maximum absolute atomic E-state index is 8.83. The summed E-state index contributed by atoms with van der Waals surface area (Å²) in [6.07, 6.45) is 1.75. The van der Waals surface area contributed by atoms with E-state index >= 15 is 0 Å². The van der Waals surface area contributed by atoms with Crippen LogP contribution in [0.1, 0.15) is 16.9 Å². The van der Waals surface area contributed by atoms with Crippen LogP contribution in [0.2, 0.25) is 0 Å². The molecule has 1 heterocycles. The molecule has 0 amide bonds. The van der Waals surface area contributed by atoms with Gasteiger partial charge < -0.3 is 10.4 Å². The monoisotopic (exact) mass is 325 g/mol. The summed E-state index contributed by atoms with van der Waals surface area (Å²) >= 11 is 5.21. The lowest BCUT2D eigenvalue weighted by molar-refractivity contribution is 0.288. The average molecular weight is 326 g/mol. The van der Waals surface area contributed by atoms with Crippen LogP contribution in [0.3, 0.4) is 0 Å². The van der Waals surface area contributed by atoms with Crippen LogP contribution in [0.15, 0.2) is 40.2 Å². The van der Waals surface area contributed by atoms with E-state index in [1.807, 2.05) is 0 Å². The van der Waals surface area contributed by atoms with Gasteiger partial charge in [0.05, 0.1) is 3.79 Å². The van der Waals surface area contributed by atoms with E-state index in [2.05, 4.69) is 57.6 Å². The summed E-state index contributed by atoms with van der Waals surface area (Å²) in [5.74, 6) is 0. The van der Waals surface area contributed by atoms with Crippen LogP contribution in [0.25, 0.3) is 0 Å². The van der Waals surface area contributed by atoms with Crippen molar-refractivity contribution >= 4 is 33.0 Å². The van der Waals surface area contributed by atoms with Crippen molar-refractivity contribution in [2.24, 2.45) is 0 Å². The third kappa shape index (κ3) is 4.12. The van der Waals surface area contributed by atoms with Crippen molar-refractivity contribution in [3.05, 3.63) is 50.6 Å². The molecule has 0 saturated carbocycles. The van der Waals surface area contributed by atoms with Crippen LogP contribution in [-0.4, -0.2) is 11.7 Å². The molecule has 2 nitrogen and oxygen atoms in total. The van der Waals surface area contributed by atoms with E-state index in [9.17, 15) is 0 Å². The van der Waals surface area contributed by atoms with E-state index in [0.717, 1.165) is 28.9 Å². The summed E-state index contributed by atoms with van der Waals surface area (Å²) in [5, 5.41) is 12.3. The minimum Gasteiger partial charge on any atom is -0.396 e. The first kappa shape index (κ1) is 13.6. The summed E-state index contributed by atoms with van der Waals surface area (Å²) in [5.41, 5.74) is 2.40. The zero-order valence-corrected chi connectivity index (χ0v) is 12.4. The summed E-state index contributed by atoms with van der Waals surface area (Å²) in [7, 11) is 0. The maximum atomic E-state index is 8.83. The van der Waals surface area contributed by atoms with E-state index in [1.165, 1.54) is 10.4 Å². The predicted octanol–water partition coefficient (Wildman–Crippen LogP) is 4.05. The fourth-order valence-electron chi connectivity index (χ4n) is 1.76. The highest BCUT2D eigenvalue weighted by Gasteiger charge is 1.99. The normalized spacial score (nSPS) is 10.6. The Bertz CT molecular complexity index is 498. The fourth-order valence-corrected chi connectivity index (χ4v) is 3.18. The van der Waals surface area contributed by atoms with Crippen molar-refractivity contribution in [3.8, 4) is 0 Å². The number of benzene rings is 1. The highest BCUT2D eigenvalue weighted by Crippen LogP contribution is 2.23. The fraction of sp³-hybridized carbons (Fsp3) is 0.286. The molecule has 0 bridgehead atoms. The lowest BCUT2D eigenvalue weighted by Crippen LogP contribution is -1.98. The number of hydrogen-bond donors (Lipinski definition) is 2. The van der Waals surface area contributed by atoms with Crippen molar-refractivity contribution in [1.29, 1.82) is 0 Å². The van der Waals surface area contributed by atoms with Gasteiger partial charge >= 0.3 is 0 Å². The second-order valence-electron chi connectivity index (χ2n) is 4.09. The third-order valence-electron chi connectivity index (χ3n) is 2.65. The van der Waals surface area contributed by atoms with Gasteiger partial charge in [-0.05, 0) is 58.6 Å². The number of aliphatic hydroxyl groups is 1. The molecule has 4 heteroatoms. The van der Waals surface area contributed by atoms with Crippen LogP contribution in [-0.2, 0) is 13.0 Å². The SMILES string of the molecule is OCCCc1cccc(NCc2ccc(Br)s2)c1. The van der Waals surface area contributed by atoms with Crippen molar-refractivity contribution in [2.45, 2.75) is 19.4 Å². The average Bonchev–Trinajstić information content (AvgIpc) is 2.80. The number of hydrogen-bond acceptors (Lipinski definition) is 3. The van der Waals surface area contributed by atoms with Crippen LogP contribution in [0, 0.1) is 0 Å². The summed E-state index contributed by atoms with van der Waals surface area (Å²) < 4.78 is 1.16. The number of thiophene rings is 1. The van der Waals surface area contributed by atoms with Crippen molar-refractivity contribution in [3.63, 3.8) is 0 Å². The second kappa shape index (κ2) is 6.92. The Hall–Kier alpha value is -0.840. The molecular formula is C14H16BrNOS. The quantitative estimate of drug-likeness (QED) is 0.839. The van der Waals surface area contributed by atoms with Crippen molar-refractivity contribution in [2.75, 3.05) is 11.9 Å². The van der Waals surface area contributed by atoms with Crippen LogP contribution >= 0.6 is 27.3 Å². The van der Waals surface area contributed by atoms with Gasteiger partial charge in [-0.3, -0.25) is 0 Å². The molecule has 0 saturated heterocycles. The minimum absolute atomic E-state index is 0.251. The van der Waals surface area contributed by atoms with Gasteiger partial charge in [-0.15, -0.1) is 11.3 Å². The van der Waals surface area contributed by atoms with Crippen LogP contribution < -0.4 is 5.32 Å². The Morgan fingerprint density at radius 1 is 1.22 bits per heavy atom. The molecule has 0 radical (unpaired) electrons. The molecule has 2 N–H and O–H groups in total. The number of halogens is 1. The summed E-state index contributed by atoms with van der Waals surface area (Å²) in [6.45, 7) is 1.10. The first-order chi connectivity index (χ1) is 8.78. The number of aryl methyl sites for hydroxylation is 1. The number of rotatable bonds is 6. The van der Waals surface area contributed by atoms with Gasteiger partial charge in [-0.1, -0.05) is 12.1 Å². The van der Waals surface area contributed by atoms with E-state index in [0.29, 0.717) is 0 Å². The molecule has 18 heavy (non-hydrogen) atoms. The van der Waals surface area contributed by atoms with E-state index < -0.39 is 0 Å². The molecule has 0 fully saturated rings. The topological polar surface area (TPSA) is 32.3 Å². The highest BCUT2D eigenvalue weighted by atomic mass is 79.9. The first-order valence-corrected chi connectivity index (χ1v) is 7.57. The Morgan fingerprint density at radius 3 is 2.83 bits per heavy atom. The van der Waals surface area contributed by atoms with Gasteiger partial charge in [0.15, 0.2) is 0 Å². The number of anilines is 1. The lowest BCUT2D eigenvalue weighted by Gasteiger charge is -2.07. The molecule has 2 rings (SSSR count). The zero-order chi connectivity index (χ0) is 12.8. The molecule has 0 aliphatic heterocycles. The standard InChI is InChI=1S/C14H16BrNOS/c15-14-7-6-13(18-14)10-16-12-5-1-3-11(9-12)4-2-8-17/h1,3,5-7,9,16-17H,2,4,8,10H2. The van der Waals surface area contributed by atoms with Gasteiger partial charge in [-0.2, -0.15) is 0 Å². The Labute approximate surface area is 120 Å². The van der Waals surface area contributed by atoms with Crippen LogP contribution in [0.4, 0.5) is 5.69 Å². The number of aliphatic hydroxyl groups excluding tert-OH is 1. The molecular weight excluding hydrogens is 310 g/mol. The molecule has 1 aromatic heterocycles. The molecule has 0 atom stereocenters. The Morgan fingerprint density at radius 2 is 2.11 bits per heavy atom. The zero-order valence-electron chi connectivity index (χ0n) is 10.0. The molecule has 0 spiro atoms. The summed E-state index contributed by atoms with van der Waals surface area (Å²) in [6, 6.07) is 12.6. The van der Waals surface area contributed by atoms with Crippen LogP contribution in [0.5, 0.6) is 0 Å². The molecule has 0 unspecified atom stereocenters. The van der Waals surface area contributed by atoms with E-state index in [-0.39, 0.29) is 6.61 Å². The predicted molar refractivity (Wildman–Crippen MR) is 81.2 cm³/mol. The van der Waals surface area contributed by atoms with Gasteiger partial charge in [0.2, 0.25) is 0 Å². The molecule has 0 aliphatic rings. The Balaban J connectivity index is 1.92. The number of nitrogens with one attached hydrogen (secondary N) is 1. The van der Waals surface area contributed by atoms with Gasteiger partial charge in [-0.25, -0.2) is 0 Å². The highest BCUT2D eigenvalue weighted by molar-refractivity contribution is 9.11. The molecule has 2 aromatic rings. The Kier molecular flexibility index (Phi) is 5.23. The van der Waals surface area contributed by atoms with Gasteiger partial charge in [0.25, 0.3) is 0 Å². The van der Waals surface area contributed by atoms with Crippen molar-refractivity contribution < 1.29 is 5.11 Å². The largest absolute Gasteiger partial charge is 0.396 e. The third-order valence-corrected chi connectivity index (χ3v) is 4.27. The van der Waals surface area contributed by atoms with Gasteiger partial charge in [0.1, 0.15) is 0 Å². The second-order valence-corrected chi connectivity index (χ2v) is 6.63. The first-order valence-electron chi connectivity index (χ1n) is 5.96. The van der Waals surface area contributed by atoms with E-state index in [4.69, 9.17) is 5.11 Å². The molecule has 0 aliphatic carbocycles. The maximum Gasteiger partial charge on any atom is 0.0702 e. The smallest absolute Gasteiger partial charge is 0.0702 e. The minimum atomic E-state index is 0.251. The van der Waals surface area contributed by atoms with E-state index in [1.54, 1.807) is 11.3 Å². The summed E-state index contributed by atoms with van der Waals surface area (Å²) in [4.78, 5) is 1.31. The van der Waals surface area contributed by atoms with Gasteiger partial charge in [0, 0.05) is 23.7 Å².